The first kappa shape index (κ1) is 15.4. The van der Waals surface area contributed by atoms with Crippen molar-refractivity contribution in [2.45, 2.75) is 18.9 Å². The molecule has 2 N–H and O–H groups in total. The van der Waals surface area contributed by atoms with Gasteiger partial charge in [-0.3, -0.25) is 0 Å². The Balaban J connectivity index is 1.55. The fourth-order valence-corrected chi connectivity index (χ4v) is 4.07. The van der Waals surface area contributed by atoms with Crippen LogP contribution in [0.5, 0.6) is 5.75 Å². The zero-order valence-electron chi connectivity index (χ0n) is 13.6. The summed E-state index contributed by atoms with van der Waals surface area (Å²) >= 11 is 1.62. The van der Waals surface area contributed by atoms with Crippen LogP contribution in [0.25, 0.3) is 21.3 Å². The highest BCUT2D eigenvalue weighted by Crippen LogP contribution is 2.37. The number of fused-ring (bicyclic) bond motifs is 1. The molecule has 5 nitrogen and oxygen atoms in total. The standard InChI is InChI=1S/C18H20N4OS/c1-22-9-2-3-12(11-22)19-17-7-5-15(20-21-17)13-4-6-16-14(18(13)23)8-10-24-16/h4-8,10,12,23H,2-3,9,11H2,1H3,(H,19,21)/t12-/m0/s1. The number of benzene rings is 1. The van der Waals surface area contributed by atoms with E-state index >= 15 is 0 Å². The third-order valence-corrected chi connectivity index (χ3v) is 5.41. The summed E-state index contributed by atoms with van der Waals surface area (Å²) in [5.41, 5.74) is 1.41. The van der Waals surface area contributed by atoms with E-state index in [9.17, 15) is 5.11 Å². The molecule has 3 heterocycles. The van der Waals surface area contributed by atoms with E-state index in [0.29, 0.717) is 11.7 Å². The SMILES string of the molecule is CN1CCC[C@H](Nc2ccc(-c3ccc4sccc4c3O)nn2)C1. The van der Waals surface area contributed by atoms with Crippen molar-refractivity contribution in [1.82, 2.24) is 15.1 Å². The Labute approximate surface area is 145 Å². The molecule has 0 saturated carbocycles. The summed E-state index contributed by atoms with van der Waals surface area (Å²) in [4.78, 5) is 2.33. The zero-order valence-corrected chi connectivity index (χ0v) is 14.4. The normalized spacial score (nSPS) is 18.8. The van der Waals surface area contributed by atoms with Crippen LogP contribution in [0.1, 0.15) is 12.8 Å². The molecule has 1 aliphatic rings. The average molecular weight is 340 g/mol. The molecule has 0 amide bonds. The van der Waals surface area contributed by atoms with Crippen molar-refractivity contribution in [3.05, 3.63) is 35.7 Å². The van der Waals surface area contributed by atoms with Crippen molar-refractivity contribution in [2.75, 3.05) is 25.5 Å². The number of anilines is 1. The number of phenols is 1. The monoisotopic (exact) mass is 340 g/mol. The number of thiophene rings is 1. The summed E-state index contributed by atoms with van der Waals surface area (Å²) in [6.07, 6.45) is 2.36. The minimum Gasteiger partial charge on any atom is -0.507 e. The fraction of sp³-hybridized carbons (Fsp3) is 0.333. The topological polar surface area (TPSA) is 61.3 Å². The first-order chi connectivity index (χ1) is 11.7. The second-order valence-corrected chi connectivity index (χ2v) is 7.29. The minimum absolute atomic E-state index is 0.276. The van der Waals surface area contributed by atoms with Crippen molar-refractivity contribution < 1.29 is 5.11 Å². The molecule has 0 unspecified atom stereocenters. The molecule has 1 atom stereocenters. The summed E-state index contributed by atoms with van der Waals surface area (Å²) in [6, 6.07) is 10.1. The van der Waals surface area contributed by atoms with E-state index in [0.717, 1.165) is 41.0 Å². The summed E-state index contributed by atoms with van der Waals surface area (Å²) < 4.78 is 1.07. The van der Waals surface area contributed by atoms with Gasteiger partial charge in [-0.05, 0) is 62.1 Å². The largest absolute Gasteiger partial charge is 0.507 e. The first-order valence-electron chi connectivity index (χ1n) is 8.19. The van der Waals surface area contributed by atoms with Crippen LogP contribution in [0.3, 0.4) is 0 Å². The van der Waals surface area contributed by atoms with Gasteiger partial charge in [-0.15, -0.1) is 21.5 Å². The van der Waals surface area contributed by atoms with E-state index in [-0.39, 0.29) is 5.75 Å². The lowest BCUT2D eigenvalue weighted by molar-refractivity contribution is 0.260. The van der Waals surface area contributed by atoms with Gasteiger partial charge in [0.15, 0.2) is 0 Å². The van der Waals surface area contributed by atoms with Gasteiger partial charge in [0.25, 0.3) is 0 Å². The van der Waals surface area contributed by atoms with Crippen molar-refractivity contribution in [3.8, 4) is 17.0 Å². The Bertz CT molecular complexity index is 846. The van der Waals surface area contributed by atoms with Crippen LogP contribution < -0.4 is 5.32 Å². The zero-order chi connectivity index (χ0) is 16.5. The van der Waals surface area contributed by atoms with E-state index in [1.54, 1.807) is 11.3 Å². The van der Waals surface area contributed by atoms with Gasteiger partial charge in [0.1, 0.15) is 11.6 Å². The number of likely N-dealkylation sites (tertiary alicyclic amines) is 1. The molecule has 0 radical (unpaired) electrons. The van der Waals surface area contributed by atoms with Gasteiger partial charge in [0, 0.05) is 28.2 Å². The van der Waals surface area contributed by atoms with E-state index in [1.165, 1.54) is 6.42 Å². The van der Waals surface area contributed by atoms with E-state index in [1.807, 2.05) is 35.7 Å². The molecule has 0 aliphatic carbocycles. The third kappa shape index (κ3) is 2.95. The highest BCUT2D eigenvalue weighted by Gasteiger charge is 2.17. The number of hydrogen-bond acceptors (Lipinski definition) is 6. The predicted molar refractivity (Wildman–Crippen MR) is 98.7 cm³/mol. The molecule has 124 valence electrons. The van der Waals surface area contributed by atoms with E-state index < -0.39 is 0 Å². The number of nitrogens with one attached hydrogen (secondary N) is 1. The fourth-order valence-electron chi connectivity index (χ4n) is 3.28. The second kappa shape index (κ2) is 6.37. The van der Waals surface area contributed by atoms with Crippen molar-refractivity contribution in [1.29, 1.82) is 0 Å². The van der Waals surface area contributed by atoms with Crippen molar-refractivity contribution in [3.63, 3.8) is 0 Å². The highest BCUT2D eigenvalue weighted by atomic mass is 32.1. The Morgan fingerprint density at radius 1 is 1.21 bits per heavy atom. The van der Waals surface area contributed by atoms with Gasteiger partial charge < -0.3 is 15.3 Å². The highest BCUT2D eigenvalue weighted by molar-refractivity contribution is 7.17. The minimum atomic E-state index is 0.276. The molecule has 1 aromatic carbocycles. The maximum atomic E-state index is 10.5. The number of aromatic hydroxyl groups is 1. The van der Waals surface area contributed by atoms with Gasteiger partial charge in [-0.1, -0.05) is 0 Å². The second-order valence-electron chi connectivity index (χ2n) is 6.34. The van der Waals surface area contributed by atoms with Crippen LogP contribution in [0, 0.1) is 0 Å². The smallest absolute Gasteiger partial charge is 0.148 e. The number of aromatic nitrogens is 2. The summed E-state index contributed by atoms with van der Waals surface area (Å²) in [5, 5.41) is 25.4. The number of likely N-dealkylation sites (N-methyl/N-ethyl adjacent to an activating group) is 1. The molecule has 6 heteroatoms. The number of nitrogens with zero attached hydrogens (tertiary/aromatic N) is 3. The van der Waals surface area contributed by atoms with Crippen LogP contribution in [-0.2, 0) is 0 Å². The summed E-state index contributed by atoms with van der Waals surface area (Å²) in [5.74, 6) is 1.06. The van der Waals surface area contributed by atoms with Gasteiger partial charge in [-0.25, -0.2) is 0 Å². The molecule has 0 spiro atoms. The van der Waals surface area contributed by atoms with Gasteiger partial charge >= 0.3 is 0 Å². The van der Waals surface area contributed by atoms with Gasteiger partial charge in [0.05, 0.1) is 5.69 Å². The number of rotatable bonds is 3. The number of phenolic OH excluding ortho intramolecular Hbond substituents is 1. The van der Waals surface area contributed by atoms with E-state index in [2.05, 4.69) is 27.5 Å². The summed E-state index contributed by atoms with van der Waals surface area (Å²) in [6.45, 7) is 2.19. The Morgan fingerprint density at radius 2 is 2.12 bits per heavy atom. The maximum absolute atomic E-state index is 10.5. The number of hydrogen-bond donors (Lipinski definition) is 2. The molecule has 24 heavy (non-hydrogen) atoms. The lowest BCUT2D eigenvalue weighted by atomic mass is 10.1. The summed E-state index contributed by atoms with van der Waals surface area (Å²) in [7, 11) is 2.14. The molecule has 1 aliphatic heterocycles. The Hall–Kier alpha value is -2.18. The molecule has 1 saturated heterocycles. The molecule has 4 rings (SSSR count). The number of piperidine rings is 1. The van der Waals surface area contributed by atoms with Crippen molar-refractivity contribution >= 4 is 27.2 Å². The quantitative estimate of drug-likeness (QED) is 0.763. The Morgan fingerprint density at radius 3 is 2.92 bits per heavy atom. The molecule has 1 fully saturated rings. The van der Waals surface area contributed by atoms with Crippen LogP contribution in [-0.4, -0.2) is 46.4 Å². The van der Waals surface area contributed by atoms with Gasteiger partial charge in [-0.2, -0.15) is 0 Å². The maximum Gasteiger partial charge on any atom is 0.148 e. The van der Waals surface area contributed by atoms with E-state index in [4.69, 9.17) is 0 Å². The van der Waals surface area contributed by atoms with Crippen LogP contribution in [0.2, 0.25) is 0 Å². The molecule has 3 aromatic rings. The lowest BCUT2D eigenvalue weighted by Gasteiger charge is -2.30. The lowest BCUT2D eigenvalue weighted by Crippen LogP contribution is -2.39. The Kier molecular flexibility index (Phi) is 4.08. The first-order valence-corrected chi connectivity index (χ1v) is 9.07. The third-order valence-electron chi connectivity index (χ3n) is 4.52. The van der Waals surface area contributed by atoms with Gasteiger partial charge in [0.2, 0.25) is 0 Å². The molecule has 0 bridgehead atoms. The molecular formula is C18H20N4OS. The molecular weight excluding hydrogens is 320 g/mol. The van der Waals surface area contributed by atoms with Crippen LogP contribution >= 0.6 is 11.3 Å². The predicted octanol–water partition coefficient (Wildman–Crippen LogP) is 3.57. The van der Waals surface area contributed by atoms with Crippen molar-refractivity contribution in [2.24, 2.45) is 0 Å². The average Bonchev–Trinajstić information content (AvgIpc) is 3.06. The molecule has 2 aromatic heterocycles. The van der Waals surface area contributed by atoms with Crippen LogP contribution in [0.15, 0.2) is 35.7 Å². The van der Waals surface area contributed by atoms with Crippen LogP contribution in [0.4, 0.5) is 5.82 Å².